The summed E-state index contributed by atoms with van der Waals surface area (Å²) >= 11 is 0. The Morgan fingerprint density at radius 1 is 1.16 bits per heavy atom. The molecule has 3 N–H and O–H groups in total. The number of hydrogen-bond acceptors (Lipinski definition) is 6. The van der Waals surface area contributed by atoms with E-state index in [4.69, 9.17) is 5.73 Å². The molecule has 2 aliphatic rings. The predicted molar refractivity (Wildman–Crippen MR) is 129 cm³/mol. The molecule has 1 aliphatic carbocycles. The summed E-state index contributed by atoms with van der Waals surface area (Å²) in [7, 11) is 1.47. The van der Waals surface area contributed by atoms with Crippen LogP contribution in [0.2, 0.25) is 0 Å². The Balaban J connectivity index is 1.60. The molecule has 1 aliphatic heterocycles. The maximum absolute atomic E-state index is 13.9. The maximum Gasteiger partial charge on any atom is 0.408 e. The molecule has 0 radical (unpaired) electrons. The van der Waals surface area contributed by atoms with Crippen molar-refractivity contribution in [1.29, 1.82) is 0 Å². The molecular formula is C25H29F3N6O3. The summed E-state index contributed by atoms with van der Waals surface area (Å²) in [5, 5.41) is 2.05. The fourth-order valence-corrected chi connectivity index (χ4v) is 5.16. The van der Waals surface area contributed by atoms with Crippen LogP contribution in [-0.2, 0) is 16.0 Å². The van der Waals surface area contributed by atoms with Crippen molar-refractivity contribution < 1.29 is 27.6 Å². The Morgan fingerprint density at radius 2 is 1.84 bits per heavy atom. The lowest BCUT2D eigenvalue weighted by Gasteiger charge is -2.46. The lowest BCUT2D eigenvalue weighted by Crippen LogP contribution is -2.71. The number of nitrogens with two attached hydrogens (primary N) is 1. The van der Waals surface area contributed by atoms with Crippen LogP contribution in [0.5, 0.6) is 0 Å². The molecule has 1 saturated carbocycles. The highest BCUT2D eigenvalue weighted by Crippen LogP contribution is 2.37. The van der Waals surface area contributed by atoms with Crippen LogP contribution in [0.1, 0.15) is 37.7 Å². The van der Waals surface area contributed by atoms with Crippen molar-refractivity contribution in [2.24, 2.45) is 11.8 Å². The molecule has 12 heteroatoms. The maximum atomic E-state index is 13.9. The Morgan fingerprint density at radius 3 is 2.46 bits per heavy atom. The number of carbonyl (C=O) groups excluding carboxylic acids is 3. The van der Waals surface area contributed by atoms with Crippen LogP contribution < -0.4 is 16.0 Å². The summed E-state index contributed by atoms with van der Waals surface area (Å²) in [5.41, 5.74) is 6.81. The van der Waals surface area contributed by atoms with E-state index < -0.39 is 47.9 Å². The summed E-state index contributed by atoms with van der Waals surface area (Å²) in [6.45, 7) is 0. The number of nitrogens with one attached hydrogen (secondary N) is 1. The van der Waals surface area contributed by atoms with Crippen molar-refractivity contribution in [2.75, 3.05) is 17.7 Å². The Hall–Kier alpha value is -3.70. The van der Waals surface area contributed by atoms with Gasteiger partial charge in [-0.15, -0.1) is 0 Å². The molecule has 4 amide bonds. The van der Waals surface area contributed by atoms with Crippen LogP contribution in [0.25, 0.3) is 0 Å². The first-order valence-corrected chi connectivity index (χ1v) is 12.2. The number of rotatable bonds is 6. The van der Waals surface area contributed by atoms with E-state index in [2.05, 4.69) is 9.97 Å². The number of anilines is 2. The van der Waals surface area contributed by atoms with Crippen LogP contribution in [0.3, 0.4) is 0 Å². The number of aromatic nitrogens is 2. The highest BCUT2D eigenvalue weighted by atomic mass is 19.4. The quantitative estimate of drug-likeness (QED) is 0.566. The number of carbonyl (C=O) groups is 3. The van der Waals surface area contributed by atoms with E-state index >= 15 is 0 Å². The van der Waals surface area contributed by atoms with E-state index in [0.717, 1.165) is 6.42 Å². The third kappa shape index (κ3) is 5.67. The lowest BCUT2D eigenvalue weighted by atomic mass is 9.81. The van der Waals surface area contributed by atoms with Crippen LogP contribution in [0, 0.1) is 11.8 Å². The van der Waals surface area contributed by atoms with Gasteiger partial charge in [-0.3, -0.25) is 19.5 Å². The molecular weight excluding hydrogens is 489 g/mol. The minimum atomic E-state index is -4.69. The molecule has 2 aromatic heterocycles. The van der Waals surface area contributed by atoms with E-state index in [0.29, 0.717) is 41.8 Å². The third-order valence-corrected chi connectivity index (χ3v) is 7.12. The van der Waals surface area contributed by atoms with E-state index in [1.807, 2.05) is 5.32 Å². The second-order valence-electron chi connectivity index (χ2n) is 9.52. The standard InChI is InChI=1S/C25H29F3N6O3/c1-33(17-8-10-30-11-9-17)23(36)20-18(13-15-7-12-31-19(29)14-15)22(35)34(20)24(37)32-21(25(26,27)28)16-5-3-2-4-6-16/h7-12,14,16,18,20-21H,2-6,13H2,1H3,(H2,29,31)(H,32,37)/t18-,20+,21+/m1/s1. The second-order valence-corrected chi connectivity index (χ2v) is 9.52. The number of urea groups is 1. The molecule has 3 heterocycles. The number of nitrogen functional groups attached to an aromatic ring is 1. The number of hydrogen-bond donors (Lipinski definition) is 2. The zero-order chi connectivity index (χ0) is 26.7. The summed E-state index contributed by atoms with van der Waals surface area (Å²) in [6.07, 6.45) is 2.59. The summed E-state index contributed by atoms with van der Waals surface area (Å²) in [6, 6.07) is 1.72. The number of likely N-dealkylation sites (N-methyl/N-ethyl adjacent to an activating group) is 1. The number of β-lactam (4-membered cyclic amide) rings is 1. The summed E-state index contributed by atoms with van der Waals surface area (Å²) in [5.74, 6) is -2.84. The van der Waals surface area contributed by atoms with Crippen molar-refractivity contribution in [3.63, 3.8) is 0 Å². The van der Waals surface area contributed by atoms with Gasteiger partial charge >= 0.3 is 12.2 Å². The van der Waals surface area contributed by atoms with Crippen molar-refractivity contribution >= 4 is 29.4 Å². The normalized spacial score (nSPS) is 21.2. The van der Waals surface area contributed by atoms with Gasteiger partial charge in [0.1, 0.15) is 17.9 Å². The fraction of sp³-hybridized carbons (Fsp3) is 0.480. The zero-order valence-electron chi connectivity index (χ0n) is 20.3. The van der Waals surface area contributed by atoms with Gasteiger partial charge in [0.05, 0.1) is 5.92 Å². The minimum Gasteiger partial charge on any atom is -0.384 e. The van der Waals surface area contributed by atoms with E-state index in [9.17, 15) is 27.6 Å². The fourth-order valence-electron chi connectivity index (χ4n) is 5.16. The first kappa shape index (κ1) is 26.4. The molecule has 9 nitrogen and oxygen atoms in total. The monoisotopic (exact) mass is 518 g/mol. The average Bonchev–Trinajstić information content (AvgIpc) is 2.88. The van der Waals surface area contributed by atoms with Gasteiger partial charge in [-0.05, 0) is 55.0 Å². The Bertz CT molecular complexity index is 1140. The molecule has 198 valence electrons. The number of amides is 4. The third-order valence-electron chi connectivity index (χ3n) is 7.12. The van der Waals surface area contributed by atoms with Crippen molar-refractivity contribution in [2.45, 2.75) is 56.8 Å². The van der Waals surface area contributed by atoms with Gasteiger partial charge in [-0.2, -0.15) is 13.2 Å². The number of pyridine rings is 2. The molecule has 0 bridgehead atoms. The van der Waals surface area contributed by atoms with Gasteiger partial charge in [0.2, 0.25) is 5.91 Å². The van der Waals surface area contributed by atoms with Gasteiger partial charge in [0.25, 0.3) is 5.91 Å². The van der Waals surface area contributed by atoms with Crippen LogP contribution in [0.15, 0.2) is 42.9 Å². The number of halogens is 3. The van der Waals surface area contributed by atoms with Crippen LogP contribution in [-0.4, -0.2) is 58.0 Å². The topological polar surface area (TPSA) is 122 Å². The smallest absolute Gasteiger partial charge is 0.384 e. The highest BCUT2D eigenvalue weighted by Gasteiger charge is 2.56. The number of imide groups is 1. The number of likely N-dealkylation sites (tertiary alicyclic amines) is 1. The number of nitrogens with zero attached hydrogens (tertiary/aromatic N) is 4. The number of alkyl halides is 3. The van der Waals surface area contributed by atoms with Crippen LogP contribution in [0.4, 0.5) is 29.5 Å². The van der Waals surface area contributed by atoms with Crippen molar-refractivity contribution in [3.05, 3.63) is 48.4 Å². The van der Waals surface area contributed by atoms with Gasteiger partial charge in [-0.25, -0.2) is 9.78 Å². The van der Waals surface area contributed by atoms with E-state index in [-0.39, 0.29) is 12.2 Å². The predicted octanol–water partition coefficient (Wildman–Crippen LogP) is 3.31. The first-order chi connectivity index (χ1) is 17.6. The molecule has 4 rings (SSSR count). The average molecular weight is 519 g/mol. The molecule has 0 spiro atoms. The van der Waals surface area contributed by atoms with Gasteiger partial charge in [-0.1, -0.05) is 19.3 Å². The Kier molecular flexibility index (Phi) is 7.65. The highest BCUT2D eigenvalue weighted by molar-refractivity contribution is 6.12. The molecule has 0 aromatic carbocycles. The van der Waals surface area contributed by atoms with Gasteiger partial charge in [0, 0.05) is 31.3 Å². The molecule has 3 atom stereocenters. The second kappa shape index (κ2) is 10.7. The van der Waals surface area contributed by atoms with Crippen molar-refractivity contribution in [1.82, 2.24) is 20.2 Å². The zero-order valence-corrected chi connectivity index (χ0v) is 20.3. The summed E-state index contributed by atoms with van der Waals surface area (Å²) in [4.78, 5) is 49.5. The molecule has 1 saturated heterocycles. The SMILES string of the molecule is CN(C(=O)[C@@H]1[C@@H](Cc2ccnc(N)c2)C(=O)N1C(=O)N[C@@H](C1CCCCC1)C(F)(F)F)c1ccncc1. The molecule has 0 unspecified atom stereocenters. The van der Waals surface area contributed by atoms with Crippen molar-refractivity contribution in [3.8, 4) is 0 Å². The Labute approximate surface area is 212 Å². The lowest BCUT2D eigenvalue weighted by molar-refractivity contribution is -0.170. The first-order valence-electron chi connectivity index (χ1n) is 12.2. The van der Waals surface area contributed by atoms with Crippen LogP contribution >= 0.6 is 0 Å². The summed E-state index contributed by atoms with van der Waals surface area (Å²) < 4.78 is 41.8. The molecule has 2 aromatic rings. The van der Waals surface area contributed by atoms with E-state index in [1.54, 1.807) is 24.3 Å². The van der Waals surface area contributed by atoms with Gasteiger partial charge in [0.15, 0.2) is 0 Å². The molecule has 37 heavy (non-hydrogen) atoms. The largest absolute Gasteiger partial charge is 0.408 e. The van der Waals surface area contributed by atoms with Gasteiger partial charge < -0.3 is 16.0 Å². The minimum absolute atomic E-state index is 0.0707. The van der Waals surface area contributed by atoms with E-state index in [1.165, 1.54) is 30.5 Å². The molecule has 2 fully saturated rings.